The Hall–Kier alpha value is -2.06. The highest BCUT2D eigenvalue weighted by Gasteiger charge is 2.11. The fraction of sp³-hybridized carbons (Fsp3) is 0.273. The fourth-order valence-electron chi connectivity index (χ4n) is 1.29. The van der Waals surface area contributed by atoms with Gasteiger partial charge >= 0.3 is 6.09 Å². The molecule has 84 valence electrons. The first-order valence-corrected chi connectivity index (χ1v) is 4.71. The summed E-state index contributed by atoms with van der Waals surface area (Å²) < 4.78 is 4.68. The molecular weight excluding hydrogens is 208 g/mol. The third-order valence-electron chi connectivity index (χ3n) is 2.03. The van der Waals surface area contributed by atoms with Crippen LogP contribution in [0.3, 0.4) is 0 Å². The summed E-state index contributed by atoms with van der Waals surface area (Å²) in [6.07, 6.45) is -1.19. The van der Waals surface area contributed by atoms with E-state index in [1.807, 2.05) is 6.07 Å². The van der Waals surface area contributed by atoms with E-state index < -0.39 is 12.2 Å². The van der Waals surface area contributed by atoms with Crippen molar-refractivity contribution in [2.24, 2.45) is 5.73 Å². The number of hydrogen-bond acceptors (Lipinski definition) is 4. The third kappa shape index (κ3) is 3.59. The molecule has 0 bridgehead atoms. The minimum atomic E-state index is -0.910. The van der Waals surface area contributed by atoms with Crippen molar-refractivity contribution in [3.05, 3.63) is 35.4 Å². The van der Waals surface area contributed by atoms with E-state index in [0.29, 0.717) is 12.0 Å². The highest BCUT2D eigenvalue weighted by Crippen LogP contribution is 2.08. The van der Waals surface area contributed by atoms with Gasteiger partial charge in [-0.05, 0) is 17.7 Å². The number of nitrogens with zero attached hydrogens (tertiary/aromatic N) is 1. The van der Waals surface area contributed by atoms with E-state index in [9.17, 15) is 4.79 Å². The van der Waals surface area contributed by atoms with Gasteiger partial charge in [0.2, 0.25) is 0 Å². The zero-order valence-corrected chi connectivity index (χ0v) is 8.59. The van der Waals surface area contributed by atoms with Crippen molar-refractivity contribution in [2.45, 2.75) is 12.5 Å². The second kappa shape index (κ2) is 5.73. The zero-order valence-electron chi connectivity index (χ0n) is 8.59. The van der Waals surface area contributed by atoms with Crippen LogP contribution >= 0.6 is 0 Å². The molecule has 0 aliphatic carbocycles. The van der Waals surface area contributed by atoms with E-state index in [4.69, 9.17) is 16.1 Å². The number of rotatable bonds is 4. The molecule has 0 radical (unpaired) electrons. The van der Waals surface area contributed by atoms with Crippen molar-refractivity contribution in [3.63, 3.8) is 0 Å². The first-order valence-electron chi connectivity index (χ1n) is 4.71. The minimum absolute atomic E-state index is 0.289. The van der Waals surface area contributed by atoms with Gasteiger partial charge in [0.15, 0.2) is 0 Å². The van der Waals surface area contributed by atoms with Gasteiger partial charge in [-0.15, -0.1) is 0 Å². The monoisotopic (exact) mass is 220 g/mol. The van der Waals surface area contributed by atoms with Crippen LogP contribution < -0.4 is 5.73 Å². The molecule has 0 saturated heterocycles. The Bertz CT molecular complexity index is 395. The molecule has 0 aliphatic rings. The summed E-state index contributed by atoms with van der Waals surface area (Å²) in [4.78, 5) is 10.5. The van der Waals surface area contributed by atoms with Crippen LogP contribution in [-0.4, -0.2) is 23.9 Å². The van der Waals surface area contributed by atoms with E-state index in [1.54, 1.807) is 24.3 Å². The summed E-state index contributed by atoms with van der Waals surface area (Å²) in [6.45, 7) is -0.289. The number of aliphatic hydroxyl groups is 1. The van der Waals surface area contributed by atoms with Gasteiger partial charge < -0.3 is 15.6 Å². The molecule has 1 amide bonds. The molecule has 0 heterocycles. The predicted octanol–water partition coefficient (Wildman–Crippen LogP) is 0.557. The molecule has 1 aromatic rings. The van der Waals surface area contributed by atoms with Crippen LogP contribution in [0.15, 0.2) is 24.3 Å². The minimum Gasteiger partial charge on any atom is -0.444 e. The maximum Gasteiger partial charge on any atom is 0.404 e. The molecular formula is C11H12N2O3. The normalized spacial score (nSPS) is 11.5. The lowest BCUT2D eigenvalue weighted by molar-refractivity contribution is 0.0639. The summed E-state index contributed by atoms with van der Waals surface area (Å²) in [5.74, 6) is 0. The number of hydrogen-bond donors (Lipinski definition) is 2. The summed E-state index contributed by atoms with van der Waals surface area (Å²) in [6, 6.07) is 8.80. The van der Waals surface area contributed by atoms with Crippen molar-refractivity contribution in [1.82, 2.24) is 0 Å². The van der Waals surface area contributed by atoms with Gasteiger partial charge in [-0.1, -0.05) is 12.1 Å². The average Bonchev–Trinajstić information content (AvgIpc) is 2.28. The summed E-state index contributed by atoms with van der Waals surface area (Å²) >= 11 is 0. The quantitative estimate of drug-likeness (QED) is 0.774. The molecule has 0 unspecified atom stereocenters. The topological polar surface area (TPSA) is 96.3 Å². The van der Waals surface area contributed by atoms with Crippen LogP contribution in [-0.2, 0) is 11.2 Å². The Labute approximate surface area is 93.1 Å². The second-order valence-corrected chi connectivity index (χ2v) is 3.25. The Kier molecular flexibility index (Phi) is 4.30. The molecule has 1 aromatic carbocycles. The SMILES string of the molecule is N#Cc1ccc(C[C@@H](CO)OC(N)=O)cc1. The van der Waals surface area contributed by atoms with Crippen molar-refractivity contribution in [2.75, 3.05) is 6.61 Å². The molecule has 16 heavy (non-hydrogen) atoms. The van der Waals surface area contributed by atoms with Crippen molar-refractivity contribution >= 4 is 6.09 Å². The average molecular weight is 220 g/mol. The van der Waals surface area contributed by atoms with Gasteiger partial charge in [0.25, 0.3) is 0 Å². The highest BCUT2D eigenvalue weighted by molar-refractivity contribution is 5.64. The number of carbonyl (C=O) groups is 1. The molecule has 0 spiro atoms. The molecule has 0 saturated carbocycles. The molecule has 0 fully saturated rings. The lowest BCUT2D eigenvalue weighted by atomic mass is 10.1. The maximum atomic E-state index is 10.5. The Morgan fingerprint density at radius 1 is 1.50 bits per heavy atom. The largest absolute Gasteiger partial charge is 0.444 e. The number of primary amides is 1. The number of carbonyl (C=O) groups excluding carboxylic acids is 1. The number of benzene rings is 1. The molecule has 3 N–H and O–H groups in total. The van der Waals surface area contributed by atoms with Crippen LogP contribution in [0, 0.1) is 11.3 Å². The van der Waals surface area contributed by atoms with E-state index in [-0.39, 0.29) is 6.61 Å². The fourth-order valence-corrected chi connectivity index (χ4v) is 1.29. The molecule has 1 atom stereocenters. The summed E-state index contributed by atoms with van der Waals surface area (Å²) in [5, 5.41) is 17.6. The lowest BCUT2D eigenvalue weighted by Gasteiger charge is -2.13. The van der Waals surface area contributed by atoms with E-state index in [1.165, 1.54) is 0 Å². The smallest absolute Gasteiger partial charge is 0.404 e. The third-order valence-corrected chi connectivity index (χ3v) is 2.03. The zero-order chi connectivity index (χ0) is 12.0. The Balaban J connectivity index is 2.63. The number of ether oxygens (including phenoxy) is 1. The van der Waals surface area contributed by atoms with E-state index in [2.05, 4.69) is 4.74 Å². The first kappa shape index (κ1) is 12.0. The van der Waals surface area contributed by atoms with Gasteiger partial charge in [0.05, 0.1) is 18.2 Å². The van der Waals surface area contributed by atoms with Gasteiger partial charge in [-0.25, -0.2) is 4.79 Å². The van der Waals surface area contributed by atoms with Crippen molar-refractivity contribution in [1.29, 1.82) is 5.26 Å². The highest BCUT2D eigenvalue weighted by atomic mass is 16.6. The van der Waals surface area contributed by atoms with Crippen LogP contribution in [0.2, 0.25) is 0 Å². The van der Waals surface area contributed by atoms with Crippen LogP contribution in [0.4, 0.5) is 4.79 Å². The Morgan fingerprint density at radius 2 is 2.12 bits per heavy atom. The van der Waals surface area contributed by atoms with Crippen molar-refractivity contribution in [3.8, 4) is 6.07 Å². The van der Waals surface area contributed by atoms with E-state index >= 15 is 0 Å². The summed E-state index contributed by atoms with van der Waals surface area (Å²) in [7, 11) is 0. The number of nitrogens with two attached hydrogens (primary N) is 1. The molecule has 5 nitrogen and oxygen atoms in total. The second-order valence-electron chi connectivity index (χ2n) is 3.25. The molecule has 1 rings (SSSR count). The maximum absolute atomic E-state index is 10.5. The number of nitriles is 1. The molecule has 0 aliphatic heterocycles. The van der Waals surface area contributed by atoms with E-state index in [0.717, 1.165) is 5.56 Å². The number of amides is 1. The van der Waals surface area contributed by atoms with Crippen LogP contribution in [0.1, 0.15) is 11.1 Å². The summed E-state index contributed by atoms with van der Waals surface area (Å²) in [5.41, 5.74) is 6.27. The molecule has 5 heteroatoms. The van der Waals surface area contributed by atoms with Gasteiger partial charge in [-0.3, -0.25) is 0 Å². The van der Waals surface area contributed by atoms with Gasteiger partial charge in [0.1, 0.15) is 6.10 Å². The first-order chi connectivity index (χ1) is 7.65. The Morgan fingerprint density at radius 3 is 2.56 bits per heavy atom. The molecule has 0 aromatic heterocycles. The van der Waals surface area contributed by atoms with Crippen LogP contribution in [0.25, 0.3) is 0 Å². The van der Waals surface area contributed by atoms with Crippen molar-refractivity contribution < 1.29 is 14.6 Å². The van der Waals surface area contributed by atoms with Gasteiger partial charge in [-0.2, -0.15) is 5.26 Å². The standard InChI is InChI=1S/C11H12N2O3/c12-6-9-3-1-8(2-4-9)5-10(7-14)16-11(13)15/h1-4,10,14H,5,7H2,(H2,13,15)/t10-/m0/s1. The lowest BCUT2D eigenvalue weighted by Crippen LogP contribution is -2.27. The van der Waals surface area contributed by atoms with Crippen LogP contribution in [0.5, 0.6) is 0 Å². The number of aliphatic hydroxyl groups excluding tert-OH is 1. The van der Waals surface area contributed by atoms with Gasteiger partial charge in [0, 0.05) is 6.42 Å². The predicted molar refractivity (Wildman–Crippen MR) is 56.4 cm³/mol.